The van der Waals surface area contributed by atoms with Crippen molar-refractivity contribution >= 4 is 11.9 Å². The lowest BCUT2D eigenvalue weighted by Crippen LogP contribution is -2.48. The number of carboxylic acid groups (broad SMARTS) is 1. The number of carbonyl (C=O) groups excluding carboxylic acids is 1. The first-order valence-electron chi connectivity index (χ1n) is 8.18. The van der Waals surface area contributed by atoms with Crippen LogP contribution in [0, 0.1) is 5.41 Å². The normalized spacial score (nSPS) is 20.0. The third-order valence-electron chi connectivity index (χ3n) is 4.49. The van der Waals surface area contributed by atoms with E-state index in [1.807, 2.05) is 13.8 Å². The van der Waals surface area contributed by atoms with Crippen LogP contribution >= 0.6 is 0 Å². The first-order valence-corrected chi connectivity index (χ1v) is 8.18. The van der Waals surface area contributed by atoms with Gasteiger partial charge in [-0.15, -0.1) is 0 Å². The Morgan fingerprint density at radius 3 is 2.33 bits per heavy atom. The summed E-state index contributed by atoms with van der Waals surface area (Å²) in [5.41, 5.74) is -0.572. The Morgan fingerprint density at radius 1 is 1.24 bits per heavy atom. The van der Waals surface area contributed by atoms with Crippen molar-refractivity contribution in [1.82, 2.24) is 10.2 Å². The number of aliphatic carboxylic acids is 1. The highest BCUT2D eigenvalue weighted by Gasteiger charge is 2.40. The second kappa shape index (κ2) is 8.37. The highest BCUT2D eigenvalue weighted by Crippen LogP contribution is 2.36. The number of likely N-dealkylation sites (tertiary alicyclic amines) is 1. The van der Waals surface area contributed by atoms with Crippen molar-refractivity contribution in [3.63, 3.8) is 0 Å². The van der Waals surface area contributed by atoms with Gasteiger partial charge in [-0.3, -0.25) is 14.5 Å². The van der Waals surface area contributed by atoms with E-state index in [1.54, 1.807) is 0 Å². The van der Waals surface area contributed by atoms with Crippen molar-refractivity contribution in [1.29, 1.82) is 0 Å². The van der Waals surface area contributed by atoms with E-state index in [0.29, 0.717) is 32.5 Å². The lowest BCUT2D eigenvalue weighted by molar-refractivity contribution is -0.152. The van der Waals surface area contributed by atoms with Gasteiger partial charge in [-0.05, 0) is 45.7 Å². The van der Waals surface area contributed by atoms with Crippen molar-refractivity contribution < 1.29 is 14.7 Å². The van der Waals surface area contributed by atoms with Crippen LogP contribution in [0.3, 0.4) is 0 Å². The van der Waals surface area contributed by atoms with E-state index in [1.165, 1.54) is 0 Å². The zero-order valence-corrected chi connectivity index (χ0v) is 13.7. The SMILES string of the molecule is CCCC(C)NC(=O)CN1CCC(CCC)(C(=O)O)CC1. The molecule has 1 heterocycles. The van der Waals surface area contributed by atoms with E-state index in [9.17, 15) is 14.7 Å². The van der Waals surface area contributed by atoms with Crippen molar-refractivity contribution in [2.24, 2.45) is 5.41 Å². The Morgan fingerprint density at radius 2 is 1.86 bits per heavy atom. The molecular weight excluding hydrogens is 268 g/mol. The molecule has 1 rings (SSSR count). The van der Waals surface area contributed by atoms with Gasteiger partial charge in [0.15, 0.2) is 0 Å². The summed E-state index contributed by atoms with van der Waals surface area (Å²) in [6.07, 6.45) is 4.97. The summed E-state index contributed by atoms with van der Waals surface area (Å²) in [4.78, 5) is 25.5. The summed E-state index contributed by atoms with van der Waals surface area (Å²) < 4.78 is 0. The summed E-state index contributed by atoms with van der Waals surface area (Å²) in [6, 6.07) is 0.213. The smallest absolute Gasteiger partial charge is 0.309 e. The summed E-state index contributed by atoms with van der Waals surface area (Å²) in [5.74, 6) is -0.626. The van der Waals surface area contributed by atoms with Crippen molar-refractivity contribution in [2.45, 2.75) is 65.3 Å². The third kappa shape index (κ3) is 5.30. The zero-order chi connectivity index (χ0) is 15.9. The van der Waals surface area contributed by atoms with Crippen LogP contribution in [-0.2, 0) is 9.59 Å². The molecule has 0 bridgehead atoms. The summed E-state index contributed by atoms with van der Waals surface area (Å²) >= 11 is 0. The largest absolute Gasteiger partial charge is 0.481 e. The van der Waals surface area contributed by atoms with Gasteiger partial charge in [0.05, 0.1) is 12.0 Å². The Kier molecular flexibility index (Phi) is 7.15. The van der Waals surface area contributed by atoms with Crippen LogP contribution in [0.4, 0.5) is 0 Å². The van der Waals surface area contributed by atoms with Crippen molar-refractivity contribution in [2.75, 3.05) is 19.6 Å². The van der Waals surface area contributed by atoms with Gasteiger partial charge in [0, 0.05) is 6.04 Å². The highest BCUT2D eigenvalue weighted by atomic mass is 16.4. The predicted molar refractivity (Wildman–Crippen MR) is 83.2 cm³/mol. The number of hydrogen-bond donors (Lipinski definition) is 2. The number of rotatable bonds is 8. The zero-order valence-electron chi connectivity index (χ0n) is 13.7. The minimum absolute atomic E-state index is 0.0502. The molecular formula is C16H30N2O3. The summed E-state index contributed by atoms with van der Waals surface area (Å²) in [7, 11) is 0. The average Bonchev–Trinajstić information content (AvgIpc) is 2.41. The molecule has 0 aromatic heterocycles. The minimum atomic E-state index is -0.676. The van der Waals surface area contributed by atoms with Crippen molar-refractivity contribution in [3.8, 4) is 0 Å². The second-order valence-electron chi connectivity index (χ2n) is 6.37. The van der Waals surface area contributed by atoms with Crippen LogP contribution in [0.2, 0.25) is 0 Å². The lowest BCUT2D eigenvalue weighted by Gasteiger charge is -2.38. The topological polar surface area (TPSA) is 69.6 Å². The molecule has 122 valence electrons. The highest BCUT2D eigenvalue weighted by molar-refractivity contribution is 5.78. The monoisotopic (exact) mass is 298 g/mol. The Labute approximate surface area is 128 Å². The summed E-state index contributed by atoms with van der Waals surface area (Å²) in [6.45, 7) is 7.93. The molecule has 0 aromatic rings. The van der Waals surface area contributed by atoms with Gasteiger partial charge >= 0.3 is 5.97 Å². The van der Waals surface area contributed by atoms with Gasteiger partial charge in [-0.1, -0.05) is 26.7 Å². The van der Waals surface area contributed by atoms with E-state index in [-0.39, 0.29) is 11.9 Å². The fourth-order valence-electron chi connectivity index (χ4n) is 3.22. The molecule has 1 saturated heterocycles. The molecule has 2 N–H and O–H groups in total. The Bertz CT molecular complexity index is 349. The second-order valence-corrected chi connectivity index (χ2v) is 6.37. The molecule has 0 aliphatic carbocycles. The Hall–Kier alpha value is -1.10. The number of amides is 1. The fraction of sp³-hybridized carbons (Fsp3) is 0.875. The predicted octanol–water partition coefficient (Wildman–Crippen LogP) is 2.26. The van der Waals surface area contributed by atoms with Crippen LogP contribution in [0.5, 0.6) is 0 Å². The van der Waals surface area contributed by atoms with Crippen LogP contribution < -0.4 is 5.32 Å². The maximum absolute atomic E-state index is 11.9. The number of carbonyl (C=O) groups is 2. The van der Waals surface area contributed by atoms with Crippen molar-refractivity contribution in [3.05, 3.63) is 0 Å². The molecule has 0 saturated carbocycles. The molecule has 0 spiro atoms. The van der Waals surface area contributed by atoms with Crippen LogP contribution in [0.25, 0.3) is 0 Å². The first kappa shape index (κ1) is 18.0. The van der Waals surface area contributed by atoms with Gasteiger partial charge < -0.3 is 10.4 Å². The van der Waals surface area contributed by atoms with Crippen LogP contribution in [0.15, 0.2) is 0 Å². The molecule has 1 aliphatic rings. The van der Waals surface area contributed by atoms with Gasteiger partial charge in [0.25, 0.3) is 0 Å². The van der Waals surface area contributed by atoms with E-state index in [4.69, 9.17) is 0 Å². The fourth-order valence-corrected chi connectivity index (χ4v) is 3.22. The minimum Gasteiger partial charge on any atom is -0.481 e. The van der Waals surface area contributed by atoms with E-state index >= 15 is 0 Å². The number of carboxylic acids is 1. The molecule has 1 unspecified atom stereocenters. The standard InChI is InChI=1S/C16H30N2O3/c1-4-6-13(3)17-14(19)12-18-10-8-16(7-5-2,9-11-18)15(20)21/h13H,4-12H2,1-3H3,(H,17,19)(H,20,21). The van der Waals surface area contributed by atoms with E-state index in [0.717, 1.165) is 25.7 Å². The molecule has 5 heteroatoms. The van der Waals surface area contributed by atoms with Crippen LogP contribution in [0.1, 0.15) is 59.3 Å². The Balaban J connectivity index is 2.42. The van der Waals surface area contributed by atoms with Crippen LogP contribution in [-0.4, -0.2) is 47.6 Å². The molecule has 1 fully saturated rings. The molecule has 1 amide bonds. The molecule has 0 aromatic carbocycles. The number of nitrogens with one attached hydrogen (secondary N) is 1. The average molecular weight is 298 g/mol. The first-order chi connectivity index (χ1) is 9.93. The number of hydrogen-bond acceptors (Lipinski definition) is 3. The lowest BCUT2D eigenvalue weighted by atomic mass is 9.75. The molecule has 0 radical (unpaired) electrons. The van der Waals surface area contributed by atoms with E-state index in [2.05, 4.69) is 17.1 Å². The summed E-state index contributed by atoms with van der Waals surface area (Å²) in [5, 5.41) is 12.5. The number of nitrogens with zero attached hydrogens (tertiary/aromatic N) is 1. The maximum atomic E-state index is 11.9. The van der Waals surface area contributed by atoms with Gasteiger partial charge in [0.2, 0.25) is 5.91 Å². The quantitative estimate of drug-likeness (QED) is 0.721. The molecule has 1 aliphatic heterocycles. The molecule has 5 nitrogen and oxygen atoms in total. The van der Waals surface area contributed by atoms with E-state index < -0.39 is 11.4 Å². The van der Waals surface area contributed by atoms with Gasteiger partial charge in [0.1, 0.15) is 0 Å². The number of piperidine rings is 1. The van der Waals surface area contributed by atoms with Gasteiger partial charge in [-0.2, -0.15) is 0 Å². The van der Waals surface area contributed by atoms with Gasteiger partial charge in [-0.25, -0.2) is 0 Å². The molecule has 21 heavy (non-hydrogen) atoms. The molecule has 1 atom stereocenters. The third-order valence-corrected chi connectivity index (χ3v) is 4.49. The maximum Gasteiger partial charge on any atom is 0.309 e.